The number of hydrogen-bond acceptors (Lipinski definition) is 4. The summed E-state index contributed by atoms with van der Waals surface area (Å²) in [7, 11) is -4.05. The van der Waals surface area contributed by atoms with Crippen LogP contribution in [0.2, 0.25) is 10.0 Å². The van der Waals surface area contributed by atoms with Crippen LogP contribution in [0.4, 0.5) is 13.2 Å². The molecule has 0 bridgehead atoms. The highest BCUT2D eigenvalue weighted by Gasteiger charge is 2.32. The fraction of sp³-hybridized carbons (Fsp3) is 0.100. The van der Waals surface area contributed by atoms with Crippen LogP contribution in [-0.2, 0) is 16.2 Å². The summed E-state index contributed by atoms with van der Waals surface area (Å²) >= 11 is 11.9. The van der Waals surface area contributed by atoms with Crippen molar-refractivity contribution in [3.63, 3.8) is 0 Å². The van der Waals surface area contributed by atoms with Gasteiger partial charge >= 0.3 is 6.18 Å². The molecule has 0 unspecified atom stereocenters. The molecule has 0 aliphatic heterocycles. The molecular formula is C20H14Cl2F3N3O2S. The van der Waals surface area contributed by atoms with Crippen molar-refractivity contribution in [3.8, 4) is 0 Å². The Morgan fingerprint density at radius 3 is 2.19 bits per heavy atom. The maximum absolute atomic E-state index is 13.0. The summed E-state index contributed by atoms with van der Waals surface area (Å²) < 4.78 is 64.0. The van der Waals surface area contributed by atoms with Gasteiger partial charge < -0.3 is 0 Å². The molecule has 1 aromatic heterocycles. The predicted octanol–water partition coefficient (Wildman–Crippen LogP) is 5.45. The van der Waals surface area contributed by atoms with Crippen molar-refractivity contribution < 1.29 is 21.6 Å². The first-order valence-electron chi connectivity index (χ1n) is 8.62. The maximum atomic E-state index is 13.0. The SMILES string of the molecule is Cc1ccc(S(=O)(=O)N/N=C(\c2ccc(Cl)cc2)c2ncc(C(F)(F)F)cc2Cl)cc1. The highest BCUT2D eigenvalue weighted by Crippen LogP contribution is 2.31. The lowest BCUT2D eigenvalue weighted by atomic mass is 10.1. The van der Waals surface area contributed by atoms with Gasteiger partial charge in [-0.2, -0.15) is 31.5 Å². The third-order valence-electron chi connectivity index (χ3n) is 4.12. The lowest BCUT2D eigenvalue weighted by molar-refractivity contribution is -0.137. The molecule has 0 saturated carbocycles. The number of pyridine rings is 1. The highest BCUT2D eigenvalue weighted by atomic mass is 35.5. The van der Waals surface area contributed by atoms with E-state index in [9.17, 15) is 21.6 Å². The second-order valence-electron chi connectivity index (χ2n) is 6.43. The van der Waals surface area contributed by atoms with Crippen molar-refractivity contribution in [2.24, 2.45) is 5.10 Å². The Balaban J connectivity index is 2.07. The number of benzene rings is 2. The van der Waals surface area contributed by atoms with E-state index in [2.05, 4.69) is 14.9 Å². The van der Waals surface area contributed by atoms with Crippen LogP contribution in [0, 0.1) is 6.92 Å². The Hall–Kier alpha value is -2.62. The molecule has 162 valence electrons. The quantitative estimate of drug-likeness (QED) is 0.384. The zero-order valence-electron chi connectivity index (χ0n) is 15.8. The standard InChI is InChI=1S/C20H14Cl2F3N3O2S/c1-12-2-8-16(9-3-12)31(29,30)28-27-18(13-4-6-15(21)7-5-13)19-17(22)10-14(11-26-19)20(23,24)25/h2-11,28H,1H3/b27-18+. The number of nitrogens with one attached hydrogen (secondary N) is 1. The molecule has 0 spiro atoms. The molecule has 0 saturated heterocycles. The number of aromatic nitrogens is 1. The van der Waals surface area contributed by atoms with Gasteiger partial charge in [-0.15, -0.1) is 0 Å². The average molecular weight is 488 g/mol. The van der Waals surface area contributed by atoms with Gasteiger partial charge in [0.05, 0.1) is 15.5 Å². The van der Waals surface area contributed by atoms with Crippen molar-refractivity contribution >= 4 is 38.9 Å². The van der Waals surface area contributed by atoms with Crippen LogP contribution in [0.5, 0.6) is 0 Å². The van der Waals surface area contributed by atoms with Gasteiger partial charge in [0.1, 0.15) is 11.4 Å². The molecule has 0 atom stereocenters. The fourth-order valence-electron chi connectivity index (χ4n) is 2.51. The molecule has 31 heavy (non-hydrogen) atoms. The number of aryl methyl sites for hydroxylation is 1. The molecule has 3 rings (SSSR count). The molecule has 0 radical (unpaired) electrons. The Kier molecular flexibility index (Phi) is 6.59. The van der Waals surface area contributed by atoms with Crippen molar-refractivity contribution in [2.75, 3.05) is 0 Å². The van der Waals surface area contributed by atoms with Gasteiger partial charge in [-0.05, 0) is 37.3 Å². The van der Waals surface area contributed by atoms with Crippen LogP contribution in [0.15, 0.2) is 70.8 Å². The topological polar surface area (TPSA) is 71.4 Å². The first-order chi connectivity index (χ1) is 14.5. The highest BCUT2D eigenvalue weighted by molar-refractivity contribution is 7.89. The number of hydrazone groups is 1. The van der Waals surface area contributed by atoms with Gasteiger partial charge in [0, 0.05) is 16.8 Å². The Morgan fingerprint density at radius 2 is 1.65 bits per heavy atom. The van der Waals surface area contributed by atoms with E-state index in [0.29, 0.717) is 22.8 Å². The Bertz CT molecular complexity index is 1230. The molecule has 0 aliphatic carbocycles. The van der Waals surface area contributed by atoms with E-state index in [1.54, 1.807) is 19.1 Å². The van der Waals surface area contributed by atoms with Gasteiger partial charge in [-0.25, -0.2) is 0 Å². The summed E-state index contributed by atoms with van der Waals surface area (Å²) in [6, 6.07) is 12.8. The fourth-order valence-corrected chi connectivity index (χ4v) is 3.70. The van der Waals surface area contributed by atoms with E-state index in [4.69, 9.17) is 23.2 Å². The summed E-state index contributed by atoms with van der Waals surface area (Å²) in [6.45, 7) is 1.80. The van der Waals surface area contributed by atoms with Gasteiger partial charge in [-0.3, -0.25) is 4.98 Å². The molecule has 0 amide bonds. The zero-order chi connectivity index (χ0) is 22.8. The number of sulfonamides is 1. The summed E-state index contributed by atoms with van der Waals surface area (Å²) in [5.41, 5.74) is -0.0539. The van der Waals surface area contributed by atoms with Crippen LogP contribution in [0.3, 0.4) is 0 Å². The van der Waals surface area contributed by atoms with Crippen LogP contribution < -0.4 is 4.83 Å². The number of rotatable bonds is 5. The van der Waals surface area contributed by atoms with Gasteiger partial charge in [0.25, 0.3) is 10.0 Å². The largest absolute Gasteiger partial charge is 0.417 e. The predicted molar refractivity (Wildman–Crippen MR) is 113 cm³/mol. The molecule has 1 heterocycles. The monoisotopic (exact) mass is 487 g/mol. The molecule has 0 aliphatic rings. The third-order valence-corrected chi connectivity index (χ3v) is 5.88. The molecule has 2 aromatic carbocycles. The van der Waals surface area contributed by atoms with Crippen molar-refractivity contribution in [2.45, 2.75) is 18.0 Å². The molecular weight excluding hydrogens is 474 g/mol. The van der Waals surface area contributed by atoms with E-state index in [1.807, 2.05) is 0 Å². The van der Waals surface area contributed by atoms with E-state index in [1.165, 1.54) is 36.4 Å². The van der Waals surface area contributed by atoms with E-state index in [0.717, 1.165) is 5.56 Å². The number of alkyl halides is 3. The minimum absolute atomic E-state index is 0.0382. The van der Waals surface area contributed by atoms with Crippen molar-refractivity contribution in [1.82, 2.24) is 9.82 Å². The molecule has 11 heteroatoms. The second kappa shape index (κ2) is 8.86. The van der Waals surface area contributed by atoms with Crippen LogP contribution in [0.1, 0.15) is 22.4 Å². The summed E-state index contributed by atoms with van der Waals surface area (Å²) in [4.78, 5) is 5.82. The number of halogens is 5. The molecule has 3 aromatic rings. The third kappa shape index (κ3) is 5.55. The minimum atomic E-state index is -4.64. The zero-order valence-corrected chi connectivity index (χ0v) is 18.1. The van der Waals surface area contributed by atoms with Crippen molar-refractivity contribution in [3.05, 3.63) is 93.2 Å². The van der Waals surface area contributed by atoms with Crippen LogP contribution in [-0.4, -0.2) is 19.1 Å². The molecule has 1 N–H and O–H groups in total. The lowest BCUT2D eigenvalue weighted by Crippen LogP contribution is -2.22. The lowest BCUT2D eigenvalue weighted by Gasteiger charge is -2.12. The van der Waals surface area contributed by atoms with E-state index in [-0.39, 0.29) is 21.3 Å². The first-order valence-corrected chi connectivity index (χ1v) is 10.9. The average Bonchev–Trinajstić information content (AvgIpc) is 2.70. The smallest absolute Gasteiger partial charge is 0.252 e. The van der Waals surface area contributed by atoms with E-state index >= 15 is 0 Å². The Morgan fingerprint density at radius 1 is 1.03 bits per heavy atom. The first kappa shape index (κ1) is 23.1. The van der Waals surface area contributed by atoms with Crippen molar-refractivity contribution in [1.29, 1.82) is 0 Å². The Labute approximate surface area is 186 Å². The summed E-state index contributed by atoms with van der Waals surface area (Å²) in [6.07, 6.45) is -4.04. The normalized spacial score (nSPS) is 12.6. The minimum Gasteiger partial charge on any atom is -0.252 e. The molecule has 5 nitrogen and oxygen atoms in total. The second-order valence-corrected chi connectivity index (χ2v) is 8.93. The van der Waals surface area contributed by atoms with Gasteiger partial charge in [-0.1, -0.05) is 53.0 Å². The van der Waals surface area contributed by atoms with Crippen LogP contribution in [0.25, 0.3) is 0 Å². The number of nitrogens with zero attached hydrogens (tertiary/aromatic N) is 2. The van der Waals surface area contributed by atoms with Gasteiger partial charge in [0.2, 0.25) is 0 Å². The maximum Gasteiger partial charge on any atom is 0.417 e. The van der Waals surface area contributed by atoms with E-state index < -0.39 is 21.8 Å². The summed E-state index contributed by atoms with van der Waals surface area (Å²) in [5, 5.41) is 3.97. The van der Waals surface area contributed by atoms with Gasteiger partial charge in [0.15, 0.2) is 0 Å². The number of hydrogen-bond donors (Lipinski definition) is 1. The summed E-state index contributed by atoms with van der Waals surface area (Å²) in [5.74, 6) is 0. The van der Waals surface area contributed by atoms with Crippen LogP contribution >= 0.6 is 23.2 Å². The molecule has 0 fully saturated rings.